The molecule has 1 atom stereocenters. The van der Waals surface area contributed by atoms with Crippen molar-refractivity contribution in [2.45, 2.75) is 18.9 Å². The summed E-state index contributed by atoms with van der Waals surface area (Å²) in [5.41, 5.74) is 0.441. The number of aliphatic hydroxyl groups is 1. The molecule has 0 spiro atoms. The van der Waals surface area contributed by atoms with E-state index in [1.165, 1.54) is 0 Å². The maximum absolute atomic E-state index is 12.0. The summed E-state index contributed by atoms with van der Waals surface area (Å²) in [7, 11) is 0. The van der Waals surface area contributed by atoms with Gasteiger partial charge in [-0.15, -0.1) is 0 Å². The number of nitrogens with one attached hydrogen (secondary N) is 1. The monoisotopic (exact) mass is 303 g/mol. The summed E-state index contributed by atoms with van der Waals surface area (Å²) in [5, 5.41) is 13.7. The molecule has 0 heterocycles. The molecule has 0 radical (unpaired) electrons. The van der Waals surface area contributed by atoms with Crippen LogP contribution in [0.3, 0.4) is 0 Å². The van der Waals surface area contributed by atoms with Gasteiger partial charge in [0.2, 0.25) is 5.91 Å². The van der Waals surface area contributed by atoms with Gasteiger partial charge in [-0.05, 0) is 24.1 Å². The van der Waals surface area contributed by atoms with Gasteiger partial charge < -0.3 is 10.4 Å². The van der Waals surface area contributed by atoms with Crippen molar-refractivity contribution in [1.82, 2.24) is 5.32 Å². The zero-order valence-electron chi connectivity index (χ0n) is 11.8. The van der Waals surface area contributed by atoms with Crippen LogP contribution in [0.4, 0.5) is 0 Å². The fourth-order valence-corrected chi connectivity index (χ4v) is 2.25. The third-order valence-electron chi connectivity index (χ3n) is 3.33. The van der Waals surface area contributed by atoms with Crippen LogP contribution in [-0.4, -0.2) is 17.6 Å². The number of carbonyl (C=O) groups excluding carboxylic acids is 1. The van der Waals surface area contributed by atoms with Crippen LogP contribution in [0.1, 0.15) is 18.1 Å². The highest BCUT2D eigenvalue weighted by molar-refractivity contribution is 6.31. The standard InChI is InChI=1S/C17H18ClNO2/c1-17(21,14-8-3-2-4-9-14)12-19-16(20)11-13-7-5-6-10-15(13)18/h2-10,21H,11-12H2,1H3,(H,19,20). The molecule has 0 aliphatic carbocycles. The predicted molar refractivity (Wildman–Crippen MR) is 84.2 cm³/mol. The smallest absolute Gasteiger partial charge is 0.224 e. The van der Waals surface area contributed by atoms with E-state index in [0.717, 1.165) is 11.1 Å². The Morgan fingerprint density at radius 2 is 1.76 bits per heavy atom. The lowest BCUT2D eigenvalue weighted by Gasteiger charge is -2.24. The number of benzene rings is 2. The van der Waals surface area contributed by atoms with Crippen molar-refractivity contribution in [3.63, 3.8) is 0 Å². The average molecular weight is 304 g/mol. The first kappa shape index (κ1) is 15.5. The van der Waals surface area contributed by atoms with Gasteiger partial charge in [0.25, 0.3) is 0 Å². The van der Waals surface area contributed by atoms with Gasteiger partial charge in [0, 0.05) is 5.02 Å². The van der Waals surface area contributed by atoms with Crippen molar-refractivity contribution >= 4 is 17.5 Å². The molecule has 110 valence electrons. The molecule has 1 unspecified atom stereocenters. The van der Waals surface area contributed by atoms with Crippen LogP contribution in [0, 0.1) is 0 Å². The van der Waals surface area contributed by atoms with E-state index in [0.29, 0.717) is 5.02 Å². The normalized spacial score (nSPS) is 13.5. The largest absolute Gasteiger partial charge is 0.384 e. The summed E-state index contributed by atoms with van der Waals surface area (Å²) in [6.45, 7) is 1.83. The third-order valence-corrected chi connectivity index (χ3v) is 3.70. The quantitative estimate of drug-likeness (QED) is 0.892. The average Bonchev–Trinajstić information content (AvgIpc) is 2.49. The van der Waals surface area contributed by atoms with E-state index in [9.17, 15) is 9.90 Å². The Balaban J connectivity index is 1.94. The van der Waals surface area contributed by atoms with Crippen LogP contribution in [0.5, 0.6) is 0 Å². The molecular weight excluding hydrogens is 286 g/mol. The first-order valence-corrected chi connectivity index (χ1v) is 7.15. The lowest BCUT2D eigenvalue weighted by Crippen LogP contribution is -2.39. The van der Waals surface area contributed by atoms with Gasteiger partial charge >= 0.3 is 0 Å². The van der Waals surface area contributed by atoms with Crippen LogP contribution in [0.2, 0.25) is 5.02 Å². The second-order valence-corrected chi connectivity index (χ2v) is 5.59. The van der Waals surface area contributed by atoms with Crippen molar-refractivity contribution in [1.29, 1.82) is 0 Å². The van der Waals surface area contributed by atoms with E-state index in [1.54, 1.807) is 13.0 Å². The van der Waals surface area contributed by atoms with Gasteiger partial charge in [-0.2, -0.15) is 0 Å². The summed E-state index contributed by atoms with van der Waals surface area (Å²) >= 11 is 6.02. The number of halogens is 1. The van der Waals surface area contributed by atoms with E-state index < -0.39 is 5.60 Å². The Morgan fingerprint density at radius 1 is 1.14 bits per heavy atom. The maximum atomic E-state index is 12.0. The van der Waals surface area contributed by atoms with Crippen molar-refractivity contribution in [2.24, 2.45) is 0 Å². The minimum absolute atomic E-state index is 0.153. The van der Waals surface area contributed by atoms with Crippen LogP contribution in [0.15, 0.2) is 54.6 Å². The maximum Gasteiger partial charge on any atom is 0.224 e. The molecule has 2 N–H and O–H groups in total. The fraction of sp³-hybridized carbons (Fsp3) is 0.235. The zero-order chi connectivity index (χ0) is 15.3. The second kappa shape index (κ2) is 6.74. The molecule has 3 nitrogen and oxygen atoms in total. The summed E-state index contributed by atoms with van der Waals surface area (Å²) < 4.78 is 0. The molecule has 0 fully saturated rings. The molecule has 4 heteroatoms. The SMILES string of the molecule is CC(O)(CNC(=O)Cc1ccccc1Cl)c1ccccc1. The minimum atomic E-state index is -1.10. The Kier molecular flexibility index (Phi) is 4.99. The molecule has 2 rings (SSSR count). The number of hydrogen-bond donors (Lipinski definition) is 2. The first-order valence-electron chi connectivity index (χ1n) is 6.77. The molecule has 2 aromatic carbocycles. The lowest BCUT2D eigenvalue weighted by atomic mass is 9.96. The van der Waals surface area contributed by atoms with Crippen LogP contribution < -0.4 is 5.32 Å². The van der Waals surface area contributed by atoms with E-state index in [-0.39, 0.29) is 18.9 Å². The molecule has 0 saturated carbocycles. The van der Waals surface area contributed by atoms with Gasteiger partial charge in [0.05, 0.1) is 13.0 Å². The molecule has 0 saturated heterocycles. The minimum Gasteiger partial charge on any atom is -0.384 e. The Hall–Kier alpha value is -1.84. The molecule has 0 aromatic heterocycles. The highest BCUT2D eigenvalue weighted by Gasteiger charge is 2.23. The Morgan fingerprint density at radius 3 is 2.43 bits per heavy atom. The van der Waals surface area contributed by atoms with Crippen molar-refractivity contribution in [3.05, 3.63) is 70.7 Å². The lowest BCUT2D eigenvalue weighted by molar-refractivity contribution is -0.121. The molecule has 0 aliphatic heterocycles. The predicted octanol–water partition coefficient (Wildman–Crippen LogP) is 2.91. The summed E-state index contributed by atoms with van der Waals surface area (Å²) in [5.74, 6) is -0.167. The van der Waals surface area contributed by atoms with Crippen LogP contribution >= 0.6 is 11.6 Å². The highest BCUT2D eigenvalue weighted by Crippen LogP contribution is 2.19. The third kappa shape index (κ3) is 4.31. The van der Waals surface area contributed by atoms with Crippen LogP contribution in [-0.2, 0) is 16.8 Å². The second-order valence-electron chi connectivity index (χ2n) is 5.18. The molecular formula is C17H18ClNO2. The van der Waals surface area contributed by atoms with Crippen molar-refractivity contribution in [3.8, 4) is 0 Å². The molecule has 1 amide bonds. The number of hydrogen-bond acceptors (Lipinski definition) is 2. The summed E-state index contributed by atoms with van der Waals surface area (Å²) in [6.07, 6.45) is 0.199. The van der Waals surface area contributed by atoms with E-state index >= 15 is 0 Å². The van der Waals surface area contributed by atoms with Crippen molar-refractivity contribution in [2.75, 3.05) is 6.54 Å². The van der Waals surface area contributed by atoms with E-state index in [2.05, 4.69) is 5.32 Å². The molecule has 0 aliphatic rings. The van der Waals surface area contributed by atoms with Gasteiger partial charge in [0.15, 0.2) is 0 Å². The first-order chi connectivity index (χ1) is 9.99. The van der Waals surface area contributed by atoms with Gasteiger partial charge in [0.1, 0.15) is 5.60 Å². The fourth-order valence-electron chi connectivity index (χ4n) is 2.05. The Labute approximate surface area is 129 Å². The number of rotatable bonds is 5. The van der Waals surface area contributed by atoms with Crippen molar-refractivity contribution < 1.29 is 9.90 Å². The zero-order valence-corrected chi connectivity index (χ0v) is 12.6. The van der Waals surface area contributed by atoms with Crippen LogP contribution in [0.25, 0.3) is 0 Å². The van der Waals surface area contributed by atoms with Gasteiger partial charge in [-0.1, -0.05) is 60.1 Å². The molecule has 2 aromatic rings. The topological polar surface area (TPSA) is 49.3 Å². The van der Waals surface area contributed by atoms with Gasteiger partial charge in [-0.3, -0.25) is 4.79 Å². The highest BCUT2D eigenvalue weighted by atomic mass is 35.5. The Bertz CT molecular complexity index is 611. The van der Waals surface area contributed by atoms with E-state index in [4.69, 9.17) is 11.6 Å². The summed E-state index contributed by atoms with van der Waals surface area (Å²) in [4.78, 5) is 12.0. The molecule has 0 bridgehead atoms. The van der Waals surface area contributed by atoms with E-state index in [1.807, 2.05) is 48.5 Å². The number of amides is 1. The number of carbonyl (C=O) groups is 1. The molecule has 21 heavy (non-hydrogen) atoms. The summed E-state index contributed by atoms with van der Waals surface area (Å²) in [6, 6.07) is 16.5. The van der Waals surface area contributed by atoms with Gasteiger partial charge in [-0.25, -0.2) is 0 Å².